The first-order chi connectivity index (χ1) is 11.0. The highest BCUT2D eigenvalue weighted by atomic mass is 16.3. The van der Waals surface area contributed by atoms with Crippen LogP contribution in [0.4, 0.5) is 0 Å². The van der Waals surface area contributed by atoms with E-state index in [4.69, 9.17) is 0 Å². The molecule has 5 heteroatoms. The predicted molar refractivity (Wildman–Crippen MR) is 92.2 cm³/mol. The number of aliphatic hydroxyl groups is 1. The molecule has 2 rings (SSSR count). The Balaban J connectivity index is 1.65. The summed E-state index contributed by atoms with van der Waals surface area (Å²) in [5, 5.41) is 12.5. The van der Waals surface area contributed by atoms with Crippen molar-refractivity contribution in [2.75, 3.05) is 39.3 Å². The normalized spacial score (nSPS) is 19.3. The van der Waals surface area contributed by atoms with Crippen molar-refractivity contribution in [3.8, 4) is 0 Å². The molecule has 1 fully saturated rings. The first-order valence-corrected chi connectivity index (χ1v) is 8.51. The lowest BCUT2D eigenvalue weighted by Crippen LogP contribution is -2.48. The van der Waals surface area contributed by atoms with Gasteiger partial charge in [-0.1, -0.05) is 30.3 Å². The zero-order valence-electron chi connectivity index (χ0n) is 14.2. The van der Waals surface area contributed by atoms with Crippen LogP contribution in [0.15, 0.2) is 30.3 Å². The molecule has 1 heterocycles. The van der Waals surface area contributed by atoms with Crippen LogP contribution in [0.2, 0.25) is 0 Å². The Hall–Kier alpha value is -1.43. The Morgan fingerprint density at radius 2 is 1.74 bits per heavy atom. The van der Waals surface area contributed by atoms with Gasteiger partial charge in [-0.25, -0.2) is 0 Å². The number of rotatable bonds is 7. The number of aliphatic hydroxyl groups excluding tert-OH is 1. The Bertz CT molecular complexity index is 470. The minimum atomic E-state index is -0.271. The standard InChI is InChI=1S/C18H29N3O2/c1-15(22)14-21-12-10-20(11-13-21)9-8-18(23)19-16(2)17-6-4-3-5-7-17/h3-7,15-16,22H,8-14H2,1-2H3,(H,19,23)/t15-,16-/m0/s1. The molecule has 1 aromatic carbocycles. The third-order valence-electron chi connectivity index (χ3n) is 4.32. The molecule has 0 aliphatic carbocycles. The molecule has 128 valence electrons. The number of nitrogens with one attached hydrogen (secondary N) is 1. The lowest BCUT2D eigenvalue weighted by Gasteiger charge is -2.35. The van der Waals surface area contributed by atoms with Gasteiger partial charge in [-0.05, 0) is 19.4 Å². The summed E-state index contributed by atoms with van der Waals surface area (Å²) in [5.74, 6) is 0.104. The fourth-order valence-corrected chi connectivity index (χ4v) is 2.97. The van der Waals surface area contributed by atoms with Crippen LogP contribution in [0, 0.1) is 0 Å². The minimum absolute atomic E-state index is 0.0478. The number of amides is 1. The van der Waals surface area contributed by atoms with Crippen LogP contribution < -0.4 is 5.32 Å². The van der Waals surface area contributed by atoms with Crippen molar-refractivity contribution in [1.82, 2.24) is 15.1 Å². The van der Waals surface area contributed by atoms with E-state index in [1.807, 2.05) is 44.2 Å². The molecular formula is C18H29N3O2. The van der Waals surface area contributed by atoms with Gasteiger partial charge in [0.1, 0.15) is 0 Å². The summed E-state index contributed by atoms with van der Waals surface area (Å²) in [6.07, 6.45) is 0.264. The van der Waals surface area contributed by atoms with Crippen molar-refractivity contribution in [3.63, 3.8) is 0 Å². The van der Waals surface area contributed by atoms with E-state index in [0.717, 1.165) is 44.8 Å². The summed E-state index contributed by atoms with van der Waals surface area (Å²) >= 11 is 0. The molecule has 1 aliphatic heterocycles. The number of hydrogen-bond acceptors (Lipinski definition) is 4. The highest BCUT2D eigenvalue weighted by molar-refractivity contribution is 5.76. The van der Waals surface area contributed by atoms with Crippen LogP contribution in [0.5, 0.6) is 0 Å². The monoisotopic (exact) mass is 319 g/mol. The maximum absolute atomic E-state index is 12.1. The SMILES string of the molecule is C[C@H](O)CN1CCN(CCC(=O)N[C@@H](C)c2ccccc2)CC1. The number of benzene rings is 1. The molecule has 23 heavy (non-hydrogen) atoms. The molecular weight excluding hydrogens is 290 g/mol. The zero-order valence-corrected chi connectivity index (χ0v) is 14.2. The summed E-state index contributed by atoms with van der Waals surface area (Å²) < 4.78 is 0. The van der Waals surface area contributed by atoms with Crippen molar-refractivity contribution in [2.45, 2.75) is 32.4 Å². The van der Waals surface area contributed by atoms with Crippen LogP contribution in [-0.2, 0) is 4.79 Å². The molecule has 0 spiro atoms. The molecule has 1 aromatic rings. The van der Waals surface area contributed by atoms with E-state index < -0.39 is 0 Å². The van der Waals surface area contributed by atoms with Crippen LogP contribution in [0.25, 0.3) is 0 Å². The molecule has 5 nitrogen and oxygen atoms in total. The van der Waals surface area contributed by atoms with Crippen LogP contribution >= 0.6 is 0 Å². The Morgan fingerprint density at radius 1 is 1.13 bits per heavy atom. The third kappa shape index (κ3) is 6.29. The molecule has 0 aromatic heterocycles. The van der Waals surface area contributed by atoms with E-state index in [9.17, 15) is 9.90 Å². The number of β-amino-alcohol motifs (C(OH)–C–C–N with tert-alkyl or cyclic N) is 1. The molecule has 0 radical (unpaired) electrons. The highest BCUT2D eigenvalue weighted by Crippen LogP contribution is 2.11. The van der Waals surface area contributed by atoms with E-state index in [-0.39, 0.29) is 18.1 Å². The summed E-state index contributed by atoms with van der Waals surface area (Å²) in [7, 11) is 0. The number of carbonyl (C=O) groups excluding carboxylic acids is 1. The Labute approximate surface area is 139 Å². The van der Waals surface area contributed by atoms with Gasteiger partial charge in [-0.15, -0.1) is 0 Å². The summed E-state index contributed by atoms with van der Waals surface area (Å²) in [5.41, 5.74) is 1.13. The smallest absolute Gasteiger partial charge is 0.221 e. The van der Waals surface area contributed by atoms with E-state index in [1.54, 1.807) is 0 Å². The first-order valence-electron chi connectivity index (χ1n) is 8.51. The van der Waals surface area contributed by atoms with Crippen molar-refractivity contribution >= 4 is 5.91 Å². The van der Waals surface area contributed by atoms with Crippen LogP contribution in [0.3, 0.4) is 0 Å². The second-order valence-electron chi connectivity index (χ2n) is 6.44. The predicted octanol–water partition coefficient (Wildman–Crippen LogP) is 1.25. The third-order valence-corrected chi connectivity index (χ3v) is 4.32. The highest BCUT2D eigenvalue weighted by Gasteiger charge is 2.18. The van der Waals surface area contributed by atoms with Gasteiger partial charge >= 0.3 is 0 Å². The summed E-state index contributed by atoms with van der Waals surface area (Å²) in [4.78, 5) is 16.7. The lowest BCUT2D eigenvalue weighted by atomic mass is 10.1. The zero-order chi connectivity index (χ0) is 16.7. The summed E-state index contributed by atoms with van der Waals surface area (Å²) in [6, 6.07) is 10.1. The van der Waals surface area contributed by atoms with E-state index >= 15 is 0 Å². The number of hydrogen-bond donors (Lipinski definition) is 2. The molecule has 2 atom stereocenters. The minimum Gasteiger partial charge on any atom is -0.392 e. The van der Waals surface area contributed by atoms with Gasteiger partial charge in [0.05, 0.1) is 12.1 Å². The van der Waals surface area contributed by atoms with Crippen molar-refractivity contribution in [3.05, 3.63) is 35.9 Å². The molecule has 0 saturated carbocycles. The molecule has 1 saturated heterocycles. The number of nitrogens with zero attached hydrogens (tertiary/aromatic N) is 2. The topological polar surface area (TPSA) is 55.8 Å². The van der Waals surface area contributed by atoms with Crippen LogP contribution in [0.1, 0.15) is 31.9 Å². The number of carbonyl (C=O) groups is 1. The van der Waals surface area contributed by atoms with E-state index in [0.29, 0.717) is 6.42 Å². The van der Waals surface area contributed by atoms with Crippen LogP contribution in [-0.4, -0.2) is 66.2 Å². The van der Waals surface area contributed by atoms with E-state index in [1.165, 1.54) is 0 Å². The quantitative estimate of drug-likeness (QED) is 0.794. The molecule has 1 aliphatic rings. The van der Waals surface area contributed by atoms with Gasteiger partial charge in [-0.3, -0.25) is 9.69 Å². The molecule has 0 unspecified atom stereocenters. The second kappa shape index (κ2) is 9.01. The second-order valence-corrected chi connectivity index (χ2v) is 6.44. The van der Waals surface area contributed by atoms with Crippen molar-refractivity contribution in [1.29, 1.82) is 0 Å². The maximum atomic E-state index is 12.1. The summed E-state index contributed by atoms with van der Waals surface area (Å²) in [6.45, 7) is 9.24. The first kappa shape index (κ1) is 17.9. The lowest BCUT2D eigenvalue weighted by molar-refractivity contribution is -0.122. The van der Waals surface area contributed by atoms with Gasteiger partial charge in [0, 0.05) is 45.7 Å². The van der Waals surface area contributed by atoms with Crippen molar-refractivity contribution < 1.29 is 9.90 Å². The van der Waals surface area contributed by atoms with Crippen molar-refractivity contribution in [2.24, 2.45) is 0 Å². The average molecular weight is 319 g/mol. The molecule has 0 bridgehead atoms. The van der Waals surface area contributed by atoms with E-state index in [2.05, 4.69) is 15.1 Å². The molecule has 2 N–H and O–H groups in total. The fourth-order valence-electron chi connectivity index (χ4n) is 2.97. The van der Waals surface area contributed by atoms with Gasteiger partial charge in [0.25, 0.3) is 0 Å². The Morgan fingerprint density at radius 3 is 2.35 bits per heavy atom. The maximum Gasteiger partial charge on any atom is 0.221 e. The Kier molecular flexibility index (Phi) is 7.02. The van der Waals surface area contributed by atoms with Gasteiger partial charge in [0.2, 0.25) is 5.91 Å². The molecule has 1 amide bonds. The number of piperazine rings is 1. The average Bonchev–Trinajstić information content (AvgIpc) is 2.54. The largest absolute Gasteiger partial charge is 0.392 e. The van der Waals surface area contributed by atoms with Gasteiger partial charge < -0.3 is 15.3 Å². The fraction of sp³-hybridized carbons (Fsp3) is 0.611. The van der Waals surface area contributed by atoms with Gasteiger partial charge in [-0.2, -0.15) is 0 Å². The van der Waals surface area contributed by atoms with Gasteiger partial charge in [0.15, 0.2) is 0 Å².